The number of aliphatic hydroxyl groups is 4. The summed E-state index contributed by atoms with van der Waals surface area (Å²) in [7, 11) is 1.17. The van der Waals surface area contributed by atoms with Crippen molar-refractivity contribution in [1.82, 2.24) is 10.6 Å². The summed E-state index contributed by atoms with van der Waals surface area (Å²) in [6.45, 7) is -0.105. The molecule has 2 unspecified atom stereocenters. The summed E-state index contributed by atoms with van der Waals surface area (Å²) in [5.74, 6) is -1.09. The number of hydrogen-bond donors (Lipinski definition) is 7. The molecule has 0 spiro atoms. The number of amides is 2. The van der Waals surface area contributed by atoms with Gasteiger partial charge in [-0.05, 0) is 12.8 Å². The van der Waals surface area contributed by atoms with Crippen LogP contribution < -0.4 is 16.4 Å². The molecule has 0 aliphatic rings. The lowest BCUT2D eigenvalue weighted by Crippen LogP contribution is -2.52. The van der Waals surface area contributed by atoms with E-state index in [0.29, 0.717) is 19.4 Å². The van der Waals surface area contributed by atoms with Crippen LogP contribution in [0.25, 0.3) is 0 Å². The van der Waals surface area contributed by atoms with E-state index in [4.69, 9.17) is 15.6 Å². The fourth-order valence-electron chi connectivity index (χ4n) is 1.83. The van der Waals surface area contributed by atoms with Gasteiger partial charge < -0.3 is 41.5 Å². The van der Waals surface area contributed by atoms with Crippen LogP contribution in [0.2, 0.25) is 0 Å². The normalized spacial score (nSPS) is 16.3. The van der Waals surface area contributed by atoms with E-state index >= 15 is 0 Å². The topological polar surface area (TPSA) is 174 Å². The molecule has 10 heteroatoms. The Hall–Kier alpha value is -1.30. The van der Waals surface area contributed by atoms with Gasteiger partial charge in [0.2, 0.25) is 5.91 Å². The van der Waals surface area contributed by atoms with Gasteiger partial charge in [0.05, 0.1) is 13.2 Å². The lowest BCUT2D eigenvalue weighted by atomic mass is 10.0. The number of unbranched alkanes of at least 4 members (excludes halogenated alkanes) is 1. The predicted octanol–water partition coefficient (Wildman–Crippen LogP) is -3.95. The van der Waals surface area contributed by atoms with Gasteiger partial charge in [-0.3, -0.25) is 9.59 Å². The highest BCUT2D eigenvalue weighted by Crippen LogP contribution is 2.09. The van der Waals surface area contributed by atoms with Crippen LogP contribution in [0.3, 0.4) is 0 Å². The van der Waals surface area contributed by atoms with Crippen LogP contribution in [0.5, 0.6) is 0 Å². The standard InChI is InChI=1S/C13H27N3O7/c1-23-12(8(18)7-17)10(20)11(21)13(22)16-5-3-2-4-15-9(19)6-14/h8,10-12,17-18,20-21H,2-7,14H2,1H3,(H,15,19)(H,16,22)/t8?,10-,11?,12-/m1/s1. The van der Waals surface area contributed by atoms with Gasteiger partial charge in [0.25, 0.3) is 5.91 Å². The molecule has 0 radical (unpaired) electrons. The van der Waals surface area contributed by atoms with Gasteiger partial charge in [-0.2, -0.15) is 0 Å². The third-order valence-corrected chi connectivity index (χ3v) is 3.18. The number of nitrogens with two attached hydrogens (primary N) is 1. The fraction of sp³-hybridized carbons (Fsp3) is 0.846. The van der Waals surface area contributed by atoms with Gasteiger partial charge in [0, 0.05) is 20.2 Å². The van der Waals surface area contributed by atoms with Gasteiger partial charge >= 0.3 is 0 Å². The molecule has 0 saturated carbocycles. The number of rotatable bonds is 12. The van der Waals surface area contributed by atoms with E-state index in [0.717, 1.165) is 0 Å². The second kappa shape index (κ2) is 12.2. The summed E-state index contributed by atoms with van der Waals surface area (Å²) < 4.78 is 4.78. The van der Waals surface area contributed by atoms with Gasteiger partial charge in [0.1, 0.15) is 18.3 Å². The molecule has 2 amide bonds. The van der Waals surface area contributed by atoms with Gasteiger partial charge in [0.15, 0.2) is 6.10 Å². The minimum Gasteiger partial charge on any atom is -0.394 e. The molecule has 23 heavy (non-hydrogen) atoms. The van der Waals surface area contributed by atoms with Crippen molar-refractivity contribution in [3.8, 4) is 0 Å². The number of carbonyl (C=O) groups excluding carboxylic acids is 2. The van der Waals surface area contributed by atoms with Crippen molar-refractivity contribution in [2.75, 3.05) is 33.4 Å². The van der Waals surface area contributed by atoms with E-state index in [2.05, 4.69) is 10.6 Å². The van der Waals surface area contributed by atoms with Gasteiger partial charge in [-0.1, -0.05) is 0 Å². The monoisotopic (exact) mass is 337 g/mol. The number of hydrogen-bond acceptors (Lipinski definition) is 8. The Labute approximate surface area is 134 Å². The van der Waals surface area contributed by atoms with Crippen LogP contribution in [0.15, 0.2) is 0 Å². The van der Waals surface area contributed by atoms with Crippen LogP contribution in [0.1, 0.15) is 12.8 Å². The predicted molar refractivity (Wildman–Crippen MR) is 80.2 cm³/mol. The third-order valence-electron chi connectivity index (χ3n) is 3.18. The fourth-order valence-corrected chi connectivity index (χ4v) is 1.83. The Morgan fingerprint density at radius 1 is 1.13 bits per heavy atom. The molecule has 0 rings (SSSR count). The molecule has 8 N–H and O–H groups in total. The Kier molecular flexibility index (Phi) is 11.5. The maximum atomic E-state index is 11.7. The summed E-state index contributed by atoms with van der Waals surface area (Å²) >= 11 is 0. The molecule has 0 aromatic heterocycles. The van der Waals surface area contributed by atoms with Crippen molar-refractivity contribution in [1.29, 1.82) is 0 Å². The van der Waals surface area contributed by atoms with Gasteiger partial charge in [-0.25, -0.2) is 0 Å². The first-order valence-electron chi connectivity index (χ1n) is 7.31. The molecule has 0 bridgehead atoms. The molecule has 0 fully saturated rings. The zero-order chi connectivity index (χ0) is 17.8. The smallest absolute Gasteiger partial charge is 0.251 e. The summed E-state index contributed by atoms with van der Waals surface area (Å²) in [5, 5.41) is 42.8. The second-order valence-corrected chi connectivity index (χ2v) is 4.94. The van der Waals surface area contributed by atoms with E-state index in [1.807, 2.05) is 0 Å². The Morgan fingerprint density at radius 3 is 2.17 bits per heavy atom. The SMILES string of the molecule is CO[C@H](C(O)CO)[C@H](O)C(O)C(=O)NCCCCNC(=O)CN. The van der Waals surface area contributed by atoms with E-state index < -0.39 is 36.9 Å². The quantitative estimate of drug-likeness (QED) is 0.177. The highest BCUT2D eigenvalue weighted by molar-refractivity contribution is 5.81. The highest BCUT2D eigenvalue weighted by atomic mass is 16.5. The van der Waals surface area contributed by atoms with Crippen LogP contribution >= 0.6 is 0 Å². The van der Waals surface area contributed by atoms with E-state index in [9.17, 15) is 24.9 Å². The molecule has 0 saturated heterocycles. The molecule has 0 aliphatic heterocycles. The maximum absolute atomic E-state index is 11.7. The van der Waals surface area contributed by atoms with Crippen LogP contribution in [-0.2, 0) is 14.3 Å². The Bertz CT molecular complexity index is 356. The third kappa shape index (κ3) is 8.21. The highest BCUT2D eigenvalue weighted by Gasteiger charge is 2.35. The van der Waals surface area contributed by atoms with Crippen molar-refractivity contribution in [2.45, 2.75) is 37.3 Å². The molecule has 136 valence electrons. The molecule has 0 aliphatic carbocycles. The zero-order valence-corrected chi connectivity index (χ0v) is 13.1. The first-order valence-corrected chi connectivity index (χ1v) is 7.31. The van der Waals surface area contributed by atoms with Crippen molar-refractivity contribution in [2.24, 2.45) is 5.73 Å². The minimum absolute atomic E-state index is 0.0822. The van der Waals surface area contributed by atoms with E-state index in [1.54, 1.807) is 0 Å². The largest absolute Gasteiger partial charge is 0.394 e. The summed E-state index contributed by atoms with van der Waals surface area (Å²) in [6.07, 6.45) is -5.07. The lowest BCUT2D eigenvalue weighted by molar-refractivity contribution is -0.153. The molecule has 0 aromatic rings. The minimum atomic E-state index is -1.81. The lowest BCUT2D eigenvalue weighted by Gasteiger charge is -2.27. The molecule has 4 atom stereocenters. The number of carbonyl (C=O) groups is 2. The van der Waals surface area contributed by atoms with Crippen molar-refractivity contribution in [3.05, 3.63) is 0 Å². The average Bonchev–Trinajstić information content (AvgIpc) is 2.56. The maximum Gasteiger partial charge on any atom is 0.251 e. The second-order valence-electron chi connectivity index (χ2n) is 4.94. The molecular formula is C13H27N3O7. The summed E-state index contributed by atoms with van der Waals surface area (Å²) in [5.41, 5.74) is 5.12. The van der Waals surface area contributed by atoms with Crippen LogP contribution in [0, 0.1) is 0 Å². The molecule has 0 aromatic carbocycles. The van der Waals surface area contributed by atoms with Gasteiger partial charge in [-0.15, -0.1) is 0 Å². The van der Waals surface area contributed by atoms with Crippen molar-refractivity contribution < 1.29 is 34.8 Å². The molecule has 0 heterocycles. The number of aliphatic hydroxyl groups excluding tert-OH is 4. The average molecular weight is 337 g/mol. The van der Waals surface area contributed by atoms with Crippen LogP contribution in [-0.4, -0.2) is 90.0 Å². The Balaban J connectivity index is 4.07. The van der Waals surface area contributed by atoms with E-state index in [-0.39, 0.29) is 19.0 Å². The van der Waals surface area contributed by atoms with E-state index in [1.165, 1.54) is 7.11 Å². The summed E-state index contributed by atoms with van der Waals surface area (Å²) in [4.78, 5) is 22.6. The number of ether oxygens (including phenoxy) is 1. The Morgan fingerprint density at radius 2 is 1.70 bits per heavy atom. The van der Waals surface area contributed by atoms with Crippen LogP contribution in [0.4, 0.5) is 0 Å². The summed E-state index contributed by atoms with van der Waals surface area (Å²) in [6, 6.07) is 0. The zero-order valence-electron chi connectivity index (χ0n) is 13.1. The molecular weight excluding hydrogens is 310 g/mol. The number of nitrogens with one attached hydrogen (secondary N) is 2. The molecule has 10 nitrogen and oxygen atoms in total. The van der Waals surface area contributed by atoms with Crippen molar-refractivity contribution in [3.63, 3.8) is 0 Å². The first-order chi connectivity index (χ1) is 10.9. The first kappa shape index (κ1) is 21.7. The number of methoxy groups -OCH3 is 1. The van der Waals surface area contributed by atoms with Crippen molar-refractivity contribution >= 4 is 11.8 Å².